The Hall–Kier alpha value is -2.33. The van der Waals surface area contributed by atoms with Crippen LogP contribution in [-0.4, -0.2) is 23.7 Å². The predicted molar refractivity (Wildman–Crippen MR) is 83.5 cm³/mol. The maximum atomic E-state index is 4.61. The van der Waals surface area contributed by atoms with Crippen molar-refractivity contribution in [1.29, 1.82) is 0 Å². The fraction of sp³-hybridized carbons (Fsp3) is 0.0625. The van der Waals surface area contributed by atoms with E-state index in [9.17, 15) is 0 Å². The van der Waals surface area contributed by atoms with Crippen molar-refractivity contribution < 1.29 is 0 Å². The lowest BCUT2D eigenvalue weighted by Gasteiger charge is -2.13. The van der Waals surface area contributed by atoms with Gasteiger partial charge < -0.3 is 0 Å². The molecule has 0 aromatic carbocycles. The van der Waals surface area contributed by atoms with Gasteiger partial charge in [0.2, 0.25) is 8.80 Å². The van der Waals surface area contributed by atoms with Gasteiger partial charge in [0.05, 0.1) is 0 Å². The molecule has 0 spiro atoms. The molecule has 0 saturated heterocycles. The minimum atomic E-state index is -1.66. The topological polar surface area (TPSA) is 38.7 Å². The van der Waals surface area contributed by atoms with E-state index in [0.717, 1.165) is 16.0 Å². The van der Waals surface area contributed by atoms with E-state index in [0.29, 0.717) is 0 Å². The molecule has 3 heterocycles. The molecule has 3 aromatic rings. The van der Waals surface area contributed by atoms with Gasteiger partial charge in [-0.1, -0.05) is 18.2 Å². The standard InChI is InChI=1S/C16H15N3Si/c1-13-8-9-16(19-12-13)20(14-6-2-4-10-17-14)15-7-3-5-11-18-15/h2-12,20H,1H3. The molecule has 98 valence electrons. The van der Waals surface area contributed by atoms with Crippen LogP contribution in [0.15, 0.2) is 67.1 Å². The molecule has 0 bridgehead atoms. The van der Waals surface area contributed by atoms with Crippen molar-refractivity contribution in [2.45, 2.75) is 6.92 Å². The van der Waals surface area contributed by atoms with E-state index in [-0.39, 0.29) is 0 Å². The van der Waals surface area contributed by atoms with Gasteiger partial charge in [0.1, 0.15) is 0 Å². The van der Waals surface area contributed by atoms with Crippen LogP contribution in [0.2, 0.25) is 0 Å². The van der Waals surface area contributed by atoms with Gasteiger partial charge in [-0.2, -0.15) is 0 Å². The van der Waals surface area contributed by atoms with Crippen molar-refractivity contribution in [2.75, 3.05) is 0 Å². The number of aryl methyl sites for hydroxylation is 1. The lowest BCUT2D eigenvalue weighted by Crippen LogP contribution is -2.55. The van der Waals surface area contributed by atoms with Gasteiger partial charge in [-0.15, -0.1) is 0 Å². The van der Waals surface area contributed by atoms with Crippen LogP contribution in [0.3, 0.4) is 0 Å². The summed E-state index contributed by atoms with van der Waals surface area (Å²) in [6.07, 6.45) is 5.60. The third-order valence-electron chi connectivity index (χ3n) is 3.20. The third kappa shape index (κ3) is 2.65. The van der Waals surface area contributed by atoms with E-state index in [1.54, 1.807) is 0 Å². The SMILES string of the molecule is Cc1ccc([SiH](c2ccccn2)c2ccccn2)nc1. The molecule has 0 amide bonds. The van der Waals surface area contributed by atoms with Crippen molar-refractivity contribution >= 4 is 24.7 Å². The molecule has 20 heavy (non-hydrogen) atoms. The molecule has 3 aromatic heterocycles. The number of pyridine rings is 3. The molecule has 0 aliphatic heterocycles. The Kier molecular flexibility index (Phi) is 3.65. The van der Waals surface area contributed by atoms with Crippen molar-refractivity contribution in [3.63, 3.8) is 0 Å². The molecule has 0 fully saturated rings. The molecule has 0 aliphatic carbocycles. The lowest BCUT2D eigenvalue weighted by atomic mass is 10.3. The smallest absolute Gasteiger partial charge is 0.201 e. The van der Waals surface area contributed by atoms with Gasteiger partial charge in [-0.05, 0) is 42.8 Å². The number of rotatable bonds is 3. The Labute approximate surface area is 120 Å². The summed E-state index contributed by atoms with van der Waals surface area (Å²) < 4.78 is 0. The van der Waals surface area contributed by atoms with Gasteiger partial charge in [-0.3, -0.25) is 15.0 Å². The minimum Gasteiger partial charge on any atom is -0.265 e. The minimum absolute atomic E-state index is 1.10. The van der Waals surface area contributed by atoms with Crippen molar-refractivity contribution in [2.24, 2.45) is 0 Å². The maximum Gasteiger partial charge on any atom is 0.201 e. The molecular weight excluding hydrogens is 262 g/mol. The molecule has 0 N–H and O–H groups in total. The zero-order chi connectivity index (χ0) is 13.8. The van der Waals surface area contributed by atoms with E-state index in [4.69, 9.17) is 0 Å². The van der Waals surface area contributed by atoms with Crippen molar-refractivity contribution in [1.82, 2.24) is 15.0 Å². The zero-order valence-electron chi connectivity index (χ0n) is 11.3. The first-order valence-corrected chi connectivity index (χ1v) is 8.32. The average Bonchev–Trinajstić information content (AvgIpc) is 2.52. The third-order valence-corrected chi connectivity index (χ3v) is 6.00. The second-order valence-electron chi connectivity index (χ2n) is 4.70. The zero-order valence-corrected chi connectivity index (χ0v) is 12.4. The molecule has 0 radical (unpaired) electrons. The Morgan fingerprint density at radius 1 is 0.700 bits per heavy atom. The highest BCUT2D eigenvalue weighted by Crippen LogP contribution is 1.93. The van der Waals surface area contributed by atoms with E-state index < -0.39 is 8.80 Å². The first-order valence-electron chi connectivity index (χ1n) is 6.59. The molecule has 0 atom stereocenters. The average molecular weight is 277 g/mol. The van der Waals surface area contributed by atoms with Gasteiger partial charge in [0, 0.05) is 34.5 Å². The molecule has 0 unspecified atom stereocenters. The maximum absolute atomic E-state index is 4.61. The summed E-state index contributed by atoms with van der Waals surface area (Å²) >= 11 is 0. The first kappa shape index (κ1) is 12.7. The van der Waals surface area contributed by atoms with E-state index in [2.05, 4.69) is 46.1 Å². The van der Waals surface area contributed by atoms with Gasteiger partial charge in [0.25, 0.3) is 0 Å². The highest BCUT2D eigenvalue weighted by molar-refractivity contribution is 6.93. The normalized spacial score (nSPS) is 10.7. The molecule has 3 nitrogen and oxygen atoms in total. The fourth-order valence-corrected chi connectivity index (χ4v) is 4.70. The van der Waals surface area contributed by atoms with E-state index in [1.165, 1.54) is 5.56 Å². The number of hydrogen-bond acceptors (Lipinski definition) is 3. The quantitative estimate of drug-likeness (QED) is 0.652. The Morgan fingerprint density at radius 3 is 1.75 bits per heavy atom. The van der Waals surface area contributed by atoms with E-state index >= 15 is 0 Å². The van der Waals surface area contributed by atoms with Crippen LogP contribution in [0.5, 0.6) is 0 Å². The van der Waals surface area contributed by atoms with Crippen LogP contribution in [-0.2, 0) is 0 Å². The van der Waals surface area contributed by atoms with Crippen LogP contribution < -0.4 is 16.0 Å². The molecular formula is C16H15N3Si. The summed E-state index contributed by atoms with van der Waals surface area (Å²) in [4.78, 5) is 13.7. The summed E-state index contributed by atoms with van der Waals surface area (Å²) in [5, 5.41) is 3.30. The molecule has 0 saturated carbocycles. The Balaban J connectivity index is 2.11. The summed E-state index contributed by atoms with van der Waals surface area (Å²) in [6.45, 7) is 2.05. The largest absolute Gasteiger partial charge is 0.265 e. The molecule has 4 heteroatoms. The Morgan fingerprint density at radius 2 is 1.30 bits per heavy atom. The van der Waals surface area contributed by atoms with Crippen LogP contribution in [0.1, 0.15) is 5.56 Å². The van der Waals surface area contributed by atoms with Crippen LogP contribution >= 0.6 is 0 Å². The number of nitrogens with zero attached hydrogens (tertiary/aromatic N) is 3. The second-order valence-corrected chi connectivity index (χ2v) is 7.34. The predicted octanol–water partition coefficient (Wildman–Crippen LogP) is 0.429. The monoisotopic (exact) mass is 277 g/mol. The van der Waals surface area contributed by atoms with Gasteiger partial charge in [-0.25, -0.2) is 0 Å². The van der Waals surface area contributed by atoms with Crippen LogP contribution in [0.4, 0.5) is 0 Å². The summed E-state index contributed by atoms with van der Waals surface area (Å²) in [6, 6.07) is 16.3. The molecule has 0 aliphatic rings. The Bertz CT molecular complexity index is 630. The van der Waals surface area contributed by atoms with Crippen molar-refractivity contribution in [3.8, 4) is 0 Å². The highest BCUT2D eigenvalue weighted by atomic mass is 28.3. The van der Waals surface area contributed by atoms with Crippen LogP contribution in [0.25, 0.3) is 0 Å². The fourth-order valence-electron chi connectivity index (χ4n) is 2.20. The van der Waals surface area contributed by atoms with Gasteiger partial charge >= 0.3 is 0 Å². The molecule has 3 rings (SSSR count). The lowest BCUT2D eigenvalue weighted by molar-refractivity contribution is 1.29. The van der Waals surface area contributed by atoms with E-state index in [1.807, 2.05) is 42.9 Å². The van der Waals surface area contributed by atoms with Crippen molar-refractivity contribution in [3.05, 3.63) is 72.7 Å². The highest BCUT2D eigenvalue weighted by Gasteiger charge is 2.22. The van der Waals surface area contributed by atoms with Gasteiger partial charge in [0.15, 0.2) is 0 Å². The number of aromatic nitrogens is 3. The first-order chi connectivity index (χ1) is 9.84. The summed E-state index contributed by atoms with van der Waals surface area (Å²) in [5.41, 5.74) is 1.17. The number of hydrogen-bond donors (Lipinski definition) is 0. The summed E-state index contributed by atoms with van der Waals surface area (Å²) in [7, 11) is -1.66. The van der Waals surface area contributed by atoms with Crippen LogP contribution in [0, 0.1) is 6.92 Å². The summed E-state index contributed by atoms with van der Waals surface area (Å²) in [5.74, 6) is 0. The second kappa shape index (κ2) is 5.75.